The number of carbonyl (C=O) groups is 2. The molecule has 0 saturated heterocycles. The molecule has 122 valence electrons. The van der Waals surface area contributed by atoms with Crippen LogP contribution in [0.15, 0.2) is 36.4 Å². The molecular weight excluding hydrogens is 298 g/mol. The third-order valence-electron chi connectivity index (χ3n) is 5.25. The largest absolute Gasteiger partial charge is 0.382 e. The second-order valence-corrected chi connectivity index (χ2v) is 6.86. The number of nitrogens with one attached hydrogen (secondary N) is 1. The smallest absolute Gasteiger partial charge is 0.196 e. The van der Waals surface area contributed by atoms with Crippen molar-refractivity contribution in [3.05, 3.63) is 64.2 Å². The molecule has 3 nitrogen and oxygen atoms in total. The lowest BCUT2D eigenvalue weighted by molar-refractivity contribution is 0.0979. The van der Waals surface area contributed by atoms with Crippen molar-refractivity contribution >= 4 is 17.3 Å². The summed E-state index contributed by atoms with van der Waals surface area (Å²) in [7, 11) is 0. The molecule has 4 rings (SSSR count). The summed E-state index contributed by atoms with van der Waals surface area (Å²) in [6.07, 6.45) is 5.99. The average Bonchev–Trinajstić information content (AvgIpc) is 2.62. The lowest BCUT2D eigenvalue weighted by Gasteiger charge is -2.27. The summed E-state index contributed by atoms with van der Waals surface area (Å²) in [5, 5.41) is 3.54. The standard InChI is InChI=1S/C21H21NO2/c1-13-11-12-17(22-14-7-3-2-4-8-14)19-18(13)20(23)15-9-5-6-10-16(15)21(19)24/h5-6,9-12,14,22H,2-4,7-8H2,1H3. The molecule has 0 atom stereocenters. The molecule has 1 saturated carbocycles. The maximum Gasteiger partial charge on any atom is 0.196 e. The molecule has 0 aliphatic heterocycles. The third-order valence-corrected chi connectivity index (χ3v) is 5.25. The Morgan fingerprint density at radius 2 is 1.46 bits per heavy atom. The molecule has 0 unspecified atom stereocenters. The molecule has 0 amide bonds. The second-order valence-electron chi connectivity index (χ2n) is 6.86. The van der Waals surface area contributed by atoms with Crippen LogP contribution < -0.4 is 5.32 Å². The topological polar surface area (TPSA) is 46.2 Å². The van der Waals surface area contributed by atoms with Gasteiger partial charge in [-0.05, 0) is 31.4 Å². The monoisotopic (exact) mass is 319 g/mol. The van der Waals surface area contributed by atoms with E-state index in [1.54, 1.807) is 12.1 Å². The zero-order chi connectivity index (χ0) is 16.7. The van der Waals surface area contributed by atoms with Crippen LogP contribution in [0.25, 0.3) is 0 Å². The van der Waals surface area contributed by atoms with Gasteiger partial charge < -0.3 is 5.32 Å². The minimum atomic E-state index is -0.0396. The molecule has 1 fully saturated rings. The maximum atomic E-state index is 13.1. The van der Waals surface area contributed by atoms with E-state index in [0.717, 1.165) is 24.1 Å². The number of ketones is 2. The highest BCUT2D eigenvalue weighted by atomic mass is 16.1. The SMILES string of the molecule is Cc1ccc(NC2CCCCC2)c2c1C(=O)c1ccccc1C2=O. The van der Waals surface area contributed by atoms with E-state index < -0.39 is 0 Å². The van der Waals surface area contributed by atoms with Gasteiger partial charge in [-0.25, -0.2) is 0 Å². The summed E-state index contributed by atoms with van der Waals surface area (Å²) in [6, 6.07) is 11.4. The van der Waals surface area contributed by atoms with Crippen LogP contribution in [0.4, 0.5) is 5.69 Å². The molecule has 24 heavy (non-hydrogen) atoms. The van der Waals surface area contributed by atoms with E-state index in [9.17, 15) is 9.59 Å². The van der Waals surface area contributed by atoms with Crippen molar-refractivity contribution in [1.82, 2.24) is 0 Å². The van der Waals surface area contributed by atoms with Crippen molar-refractivity contribution in [2.45, 2.75) is 45.1 Å². The first-order chi connectivity index (χ1) is 11.7. The van der Waals surface area contributed by atoms with Crippen LogP contribution in [0.3, 0.4) is 0 Å². The molecule has 2 aliphatic carbocycles. The van der Waals surface area contributed by atoms with Gasteiger partial charge in [-0.15, -0.1) is 0 Å². The normalized spacial score (nSPS) is 17.4. The van der Waals surface area contributed by atoms with Crippen molar-refractivity contribution in [2.75, 3.05) is 5.32 Å². The van der Waals surface area contributed by atoms with Crippen LogP contribution >= 0.6 is 0 Å². The minimum Gasteiger partial charge on any atom is -0.382 e. The number of hydrogen-bond acceptors (Lipinski definition) is 3. The van der Waals surface area contributed by atoms with Gasteiger partial charge in [0.15, 0.2) is 11.6 Å². The number of fused-ring (bicyclic) bond motifs is 2. The minimum absolute atomic E-state index is 0.0370. The predicted molar refractivity (Wildman–Crippen MR) is 95.0 cm³/mol. The maximum absolute atomic E-state index is 13.1. The third kappa shape index (κ3) is 2.35. The van der Waals surface area contributed by atoms with E-state index in [0.29, 0.717) is 28.3 Å². The van der Waals surface area contributed by atoms with Crippen LogP contribution in [-0.2, 0) is 0 Å². The Morgan fingerprint density at radius 1 is 0.833 bits per heavy atom. The van der Waals surface area contributed by atoms with E-state index in [1.165, 1.54) is 19.3 Å². The Bertz CT molecular complexity index is 832. The number of benzene rings is 2. The first-order valence-corrected chi connectivity index (χ1v) is 8.75. The van der Waals surface area contributed by atoms with Gasteiger partial charge in [0.1, 0.15) is 0 Å². The van der Waals surface area contributed by atoms with Gasteiger partial charge in [-0.2, -0.15) is 0 Å². The number of rotatable bonds is 2. The molecule has 2 aromatic carbocycles. The van der Waals surface area contributed by atoms with Crippen molar-refractivity contribution in [2.24, 2.45) is 0 Å². The first kappa shape index (κ1) is 15.1. The molecule has 1 N–H and O–H groups in total. The summed E-state index contributed by atoms with van der Waals surface area (Å²) in [4.78, 5) is 26.0. The highest BCUT2D eigenvalue weighted by molar-refractivity contribution is 6.30. The number of hydrogen-bond donors (Lipinski definition) is 1. The molecular formula is C21H21NO2. The van der Waals surface area contributed by atoms with Gasteiger partial charge >= 0.3 is 0 Å². The highest BCUT2D eigenvalue weighted by Gasteiger charge is 2.33. The average molecular weight is 319 g/mol. The molecule has 2 aliphatic rings. The highest BCUT2D eigenvalue weighted by Crippen LogP contribution is 2.35. The molecule has 0 bridgehead atoms. The van der Waals surface area contributed by atoms with Crippen LogP contribution in [-0.4, -0.2) is 17.6 Å². The van der Waals surface area contributed by atoms with Gasteiger partial charge in [0.05, 0.1) is 5.56 Å². The zero-order valence-electron chi connectivity index (χ0n) is 13.9. The van der Waals surface area contributed by atoms with E-state index in [1.807, 2.05) is 31.2 Å². The Kier molecular flexibility index (Phi) is 3.72. The zero-order valence-corrected chi connectivity index (χ0v) is 13.9. The van der Waals surface area contributed by atoms with Gasteiger partial charge in [0.2, 0.25) is 0 Å². The van der Waals surface area contributed by atoms with E-state index in [-0.39, 0.29) is 11.6 Å². The first-order valence-electron chi connectivity index (χ1n) is 8.75. The lowest BCUT2D eigenvalue weighted by atomic mass is 9.81. The van der Waals surface area contributed by atoms with Gasteiger partial charge in [0.25, 0.3) is 0 Å². The summed E-state index contributed by atoms with van der Waals surface area (Å²) in [6.45, 7) is 1.91. The molecule has 0 heterocycles. The molecule has 3 heteroatoms. The fraction of sp³-hybridized carbons (Fsp3) is 0.333. The van der Waals surface area contributed by atoms with Crippen LogP contribution in [0.5, 0.6) is 0 Å². The predicted octanol–water partition coefficient (Wildman–Crippen LogP) is 4.52. The Balaban J connectivity index is 1.82. The van der Waals surface area contributed by atoms with Gasteiger partial charge in [-0.1, -0.05) is 49.6 Å². The van der Waals surface area contributed by atoms with E-state index in [2.05, 4.69) is 5.32 Å². The quantitative estimate of drug-likeness (QED) is 0.755. The molecule has 0 radical (unpaired) electrons. The van der Waals surface area contributed by atoms with Gasteiger partial charge in [-0.3, -0.25) is 9.59 Å². The Morgan fingerprint density at radius 3 is 2.12 bits per heavy atom. The fourth-order valence-corrected chi connectivity index (χ4v) is 3.97. The van der Waals surface area contributed by atoms with E-state index in [4.69, 9.17) is 0 Å². The number of carbonyl (C=O) groups excluding carboxylic acids is 2. The molecule has 2 aromatic rings. The van der Waals surface area contributed by atoms with E-state index >= 15 is 0 Å². The molecule has 0 aromatic heterocycles. The van der Waals surface area contributed by atoms with Crippen LogP contribution in [0.1, 0.15) is 69.5 Å². The Labute approximate surface area is 142 Å². The van der Waals surface area contributed by atoms with Crippen LogP contribution in [0.2, 0.25) is 0 Å². The van der Waals surface area contributed by atoms with Crippen molar-refractivity contribution < 1.29 is 9.59 Å². The van der Waals surface area contributed by atoms with Crippen molar-refractivity contribution in [3.8, 4) is 0 Å². The van der Waals surface area contributed by atoms with Gasteiger partial charge in [0, 0.05) is 28.4 Å². The Hall–Kier alpha value is -2.42. The summed E-state index contributed by atoms with van der Waals surface area (Å²) in [5.41, 5.74) is 3.85. The lowest BCUT2D eigenvalue weighted by Crippen LogP contribution is -2.27. The van der Waals surface area contributed by atoms with Crippen LogP contribution in [0, 0.1) is 6.92 Å². The summed E-state index contributed by atoms with van der Waals surface area (Å²) < 4.78 is 0. The summed E-state index contributed by atoms with van der Waals surface area (Å²) >= 11 is 0. The van der Waals surface area contributed by atoms with Crippen molar-refractivity contribution in [3.63, 3.8) is 0 Å². The fourth-order valence-electron chi connectivity index (χ4n) is 3.97. The summed E-state index contributed by atoms with van der Waals surface area (Å²) in [5.74, 6) is -0.0767. The second kappa shape index (κ2) is 5.90. The molecule has 0 spiro atoms. The number of anilines is 1. The number of aryl methyl sites for hydroxylation is 1. The van der Waals surface area contributed by atoms with Crippen molar-refractivity contribution in [1.29, 1.82) is 0 Å².